The highest BCUT2D eigenvalue weighted by Crippen LogP contribution is 2.44. The lowest BCUT2D eigenvalue weighted by Crippen LogP contribution is -2.29. The summed E-state index contributed by atoms with van der Waals surface area (Å²) in [7, 11) is 1.56. The van der Waals surface area contributed by atoms with Crippen molar-refractivity contribution in [3.8, 4) is 11.5 Å². The molecule has 0 aliphatic carbocycles. The Labute approximate surface area is 210 Å². The van der Waals surface area contributed by atoms with Crippen molar-refractivity contribution in [2.75, 3.05) is 18.6 Å². The van der Waals surface area contributed by atoms with Gasteiger partial charge in [-0.15, -0.1) is 0 Å². The first kappa shape index (κ1) is 23.5. The number of thiazole rings is 1. The Morgan fingerprint density at radius 3 is 2.42 bits per heavy atom. The van der Waals surface area contributed by atoms with Crippen molar-refractivity contribution in [2.24, 2.45) is 0 Å². The van der Waals surface area contributed by atoms with Crippen molar-refractivity contribution in [3.63, 3.8) is 0 Å². The van der Waals surface area contributed by atoms with E-state index in [1.54, 1.807) is 49.6 Å². The molecule has 36 heavy (non-hydrogen) atoms. The number of Topliss-reactive ketones (excluding diaryl/α,β-unsaturated/α-hetero) is 1. The van der Waals surface area contributed by atoms with E-state index in [0.717, 1.165) is 4.70 Å². The first-order valence-electron chi connectivity index (χ1n) is 11.2. The first-order valence-corrected chi connectivity index (χ1v) is 12.0. The monoisotopic (exact) mass is 504 g/mol. The summed E-state index contributed by atoms with van der Waals surface area (Å²) in [5.74, 6) is -1.28. The molecule has 1 amide bonds. The summed E-state index contributed by atoms with van der Waals surface area (Å²) >= 11 is 1.23. The number of carbonyl (C=O) groups is 2. The number of nitrogens with zero attached hydrogens (tertiary/aromatic N) is 2. The van der Waals surface area contributed by atoms with Crippen molar-refractivity contribution < 1.29 is 28.6 Å². The third-order valence-corrected chi connectivity index (χ3v) is 6.88. The molecule has 0 unspecified atom stereocenters. The summed E-state index contributed by atoms with van der Waals surface area (Å²) in [6.45, 7) is 2.35. The third kappa shape index (κ3) is 4.07. The summed E-state index contributed by atoms with van der Waals surface area (Å²) in [4.78, 5) is 32.5. The molecule has 1 aliphatic heterocycles. The molecule has 3 aromatic carbocycles. The molecule has 0 saturated carbocycles. The number of aliphatic hydroxyl groups is 1. The van der Waals surface area contributed by atoms with Gasteiger partial charge in [0.1, 0.15) is 23.1 Å². The van der Waals surface area contributed by atoms with Crippen molar-refractivity contribution in [3.05, 3.63) is 89.2 Å². The number of hydrogen-bond donors (Lipinski definition) is 1. The molecule has 1 N–H and O–H groups in total. The molecule has 9 heteroatoms. The molecule has 0 radical (unpaired) electrons. The van der Waals surface area contributed by atoms with E-state index < -0.39 is 29.3 Å². The highest BCUT2D eigenvalue weighted by Gasteiger charge is 2.48. The van der Waals surface area contributed by atoms with Crippen LogP contribution in [0.5, 0.6) is 11.5 Å². The Kier molecular flexibility index (Phi) is 6.15. The highest BCUT2D eigenvalue weighted by molar-refractivity contribution is 7.22. The largest absolute Gasteiger partial charge is 0.507 e. The maximum atomic E-state index is 13.5. The van der Waals surface area contributed by atoms with Crippen LogP contribution in [0.3, 0.4) is 0 Å². The maximum Gasteiger partial charge on any atom is 0.301 e. The van der Waals surface area contributed by atoms with Crippen LogP contribution in [0, 0.1) is 5.82 Å². The van der Waals surface area contributed by atoms with Gasteiger partial charge in [0.2, 0.25) is 0 Å². The Balaban J connectivity index is 1.69. The average molecular weight is 505 g/mol. The van der Waals surface area contributed by atoms with E-state index in [4.69, 9.17) is 9.47 Å². The smallest absolute Gasteiger partial charge is 0.301 e. The average Bonchev–Trinajstić information content (AvgIpc) is 3.42. The quantitative estimate of drug-likeness (QED) is 0.213. The second kappa shape index (κ2) is 9.43. The number of aromatic nitrogens is 1. The van der Waals surface area contributed by atoms with E-state index in [-0.39, 0.29) is 11.1 Å². The lowest BCUT2D eigenvalue weighted by atomic mass is 9.95. The van der Waals surface area contributed by atoms with Crippen molar-refractivity contribution in [1.29, 1.82) is 0 Å². The van der Waals surface area contributed by atoms with Gasteiger partial charge in [0.15, 0.2) is 5.13 Å². The van der Waals surface area contributed by atoms with E-state index in [1.807, 2.05) is 6.92 Å². The summed E-state index contributed by atoms with van der Waals surface area (Å²) < 4.78 is 25.1. The topological polar surface area (TPSA) is 89.0 Å². The summed E-state index contributed by atoms with van der Waals surface area (Å²) in [5.41, 5.74) is 1.34. The number of ether oxygens (including phenoxy) is 2. The van der Waals surface area contributed by atoms with Crippen LogP contribution in [0.2, 0.25) is 0 Å². The molecule has 0 bridgehead atoms. The summed E-state index contributed by atoms with van der Waals surface area (Å²) in [6, 6.07) is 16.4. The lowest BCUT2D eigenvalue weighted by Gasteiger charge is -2.23. The fraction of sp³-hybridized carbons (Fsp3) is 0.148. The van der Waals surface area contributed by atoms with Gasteiger partial charge in [-0.1, -0.05) is 23.5 Å². The predicted molar refractivity (Wildman–Crippen MR) is 135 cm³/mol. The van der Waals surface area contributed by atoms with Crippen LogP contribution in [0.4, 0.5) is 9.52 Å². The Bertz CT molecular complexity index is 1500. The SMILES string of the molecule is CCOc1ccc([C@H]2/C(=C(\O)c3ccc(F)cc3)C(=O)C(=O)N2c2nc3ccc(OC)cc3s2)cc1. The van der Waals surface area contributed by atoms with Gasteiger partial charge in [-0.05, 0) is 67.1 Å². The van der Waals surface area contributed by atoms with E-state index in [2.05, 4.69) is 4.98 Å². The van der Waals surface area contributed by atoms with E-state index >= 15 is 0 Å². The van der Waals surface area contributed by atoms with Gasteiger partial charge in [-0.2, -0.15) is 0 Å². The highest BCUT2D eigenvalue weighted by atomic mass is 32.1. The molecule has 1 atom stereocenters. The van der Waals surface area contributed by atoms with Crippen molar-refractivity contribution >= 4 is 44.1 Å². The number of aliphatic hydroxyl groups excluding tert-OH is 1. The van der Waals surface area contributed by atoms with Gasteiger partial charge < -0.3 is 14.6 Å². The van der Waals surface area contributed by atoms with Gasteiger partial charge in [-0.3, -0.25) is 14.5 Å². The normalized spacial score (nSPS) is 17.1. The van der Waals surface area contributed by atoms with E-state index in [0.29, 0.717) is 34.3 Å². The minimum atomic E-state index is -0.951. The fourth-order valence-corrected chi connectivity index (χ4v) is 5.16. The number of rotatable bonds is 6. The molecule has 0 spiro atoms. The Hall–Kier alpha value is -4.24. The fourth-order valence-electron chi connectivity index (χ4n) is 4.14. The van der Waals surface area contributed by atoms with E-state index in [9.17, 15) is 19.1 Å². The van der Waals surface area contributed by atoms with Gasteiger partial charge in [-0.25, -0.2) is 9.37 Å². The molecule has 1 aliphatic rings. The number of anilines is 1. The second-order valence-electron chi connectivity index (χ2n) is 8.01. The molecule has 1 saturated heterocycles. The molecular formula is C27H21FN2O5S. The number of ketones is 1. The molecule has 2 heterocycles. The number of amides is 1. The molecule has 1 fully saturated rings. The van der Waals surface area contributed by atoms with Crippen molar-refractivity contribution in [2.45, 2.75) is 13.0 Å². The van der Waals surface area contributed by atoms with Crippen LogP contribution in [0.25, 0.3) is 16.0 Å². The minimum absolute atomic E-state index is 0.104. The van der Waals surface area contributed by atoms with Gasteiger partial charge in [0.25, 0.3) is 5.78 Å². The van der Waals surface area contributed by atoms with Crippen LogP contribution in [0.1, 0.15) is 24.1 Å². The third-order valence-electron chi connectivity index (χ3n) is 5.86. The van der Waals surface area contributed by atoms with Gasteiger partial charge in [0, 0.05) is 5.56 Å². The van der Waals surface area contributed by atoms with Gasteiger partial charge >= 0.3 is 5.91 Å². The van der Waals surface area contributed by atoms with Crippen LogP contribution in [-0.4, -0.2) is 35.5 Å². The number of hydrogen-bond acceptors (Lipinski definition) is 7. The summed E-state index contributed by atoms with van der Waals surface area (Å²) in [5, 5.41) is 11.4. The zero-order chi connectivity index (χ0) is 25.4. The molecule has 4 aromatic rings. The molecule has 7 nitrogen and oxygen atoms in total. The number of methoxy groups -OCH3 is 1. The standard InChI is InChI=1S/C27H21FN2O5S/c1-3-35-18-10-6-15(7-11-18)23-22(24(31)16-4-8-17(28)9-5-16)25(32)26(33)30(23)27-29-20-13-12-19(34-2)14-21(20)36-27/h4-14,23,31H,3H2,1-2H3/b24-22+/t23-/m0/s1. The lowest BCUT2D eigenvalue weighted by molar-refractivity contribution is -0.132. The molecular weight excluding hydrogens is 483 g/mol. The Morgan fingerprint density at radius 1 is 1.06 bits per heavy atom. The van der Waals surface area contributed by atoms with Crippen LogP contribution >= 0.6 is 11.3 Å². The van der Waals surface area contributed by atoms with E-state index in [1.165, 1.54) is 40.5 Å². The number of fused-ring (bicyclic) bond motifs is 1. The number of benzene rings is 3. The number of halogens is 1. The Morgan fingerprint density at radius 2 is 1.75 bits per heavy atom. The first-order chi connectivity index (χ1) is 17.4. The zero-order valence-corrected chi connectivity index (χ0v) is 20.2. The van der Waals surface area contributed by atoms with Crippen LogP contribution in [0.15, 0.2) is 72.3 Å². The number of carbonyl (C=O) groups excluding carboxylic acids is 2. The maximum absolute atomic E-state index is 13.5. The van der Waals surface area contributed by atoms with Crippen molar-refractivity contribution in [1.82, 2.24) is 4.98 Å². The second-order valence-corrected chi connectivity index (χ2v) is 9.02. The summed E-state index contributed by atoms with van der Waals surface area (Å²) in [6.07, 6.45) is 0. The molecule has 1 aromatic heterocycles. The minimum Gasteiger partial charge on any atom is -0.507 e. The van der Waals surface area contributed by atoms with Crippen LogP contribution in [-0.2, 0) is 9.59 Å². The molecule has 182 valence electrons. The van der Waals surface area contributed by atoms with Gasteiger partial charge in [0.05, 0.1) is 35.5 Å². The molecule has 5 rings (SSSR count). The predicted octanol–water partition coefficient (Wildman–Crippen LogP) is 5.47. The van der Waals surface area contributed by atoms with Crippen LogP contribution < -0.4 is 14.4 Å². The zero-order valence-electron chi connectivity index (χ0n) is 19.4.